The number of nitrogens with zero attached hydrogens (tertiary/aromatic N) is 7. The number of alkyl halides is 4. The number of aldehydes is 1. The lowest BCUT2D eigenvalue weighted by Gasteiger charge is -2.58. The minimum Gasteiger partial charge on any atom is -0.496 e. The van der Waals surface area contributed by atoms with Gasteiger partial charge < -0.3 is 14.4 Å². The Morgan fingerprint density at radius 2 is 1.84 bits per heavy atom. The quantitative estimate of drug-likeness (QED) is 0.125. The van der Waals surface area contributed by atoms with E-state index >= 15 is 0 Å². The first-order valence-electron chi connectivity index (χ1n) is 17.2. The van der Waals surface area contributed by atoms with Gasteiger partial charge in [0.15, 0.2) is 12.1 Å². The highest BCUT2D eigenvalue weighted by Crippen LogP contribution is 2.50. The Balaban J connectivity index is 0.000000253. The molecule has 3 aromatic rings. The van der Waals surface area contributed by atoms with Crippen molar-refractivity contribution in [2.75, 3.05) is 57.7 Å². The van der Waals surface area contributed by atoms with Crippen molar-refractivity contribution < 1.29 is 31.8 Å². The van der Waals surface area contributed by atoms with E-state index in [1.807, 2.05) is 26.1 Å². The number of pyridine rings is 1. The van der Waals surface area contributed by atoms with Crippen molar-refractivity contribution in [3.63, 3.8) is 0 Å². The lowest BCUT2D eigenvalue weighted by Crippen LogP contribution is -2.65. The number of anilines is 1. The van der Waals surface area contributed by atoms with E-state index in [1.165, 1.54) is 48.8 Å². The number of benzene rings is 1. The van der Waals surface area contributed by atoms with Crippen LogP contribution in [0.15, 0.2) is 43.0 Å². The third kappa shape index (κ3) is 12.5. The van der Waals surface area contributed by atoms with E-state index in [0.29, 0.717) is 29.4 Å². The molecule has 4 heterocycles. The molecule has 2 aromatic heterocycles. The van der Waals surface area contributed by atoms with Gasteiger partial charge in [0, 0.05) is 67.4 Å². The van der Waals surface area contributed by atoms with E-state index in [2.05, 4.69) is 30.0 Å². The van der Waals surface area contributed by atoms with E-state index in [4.69, 9.17) is 21.1 Å². The summed E-state index contributed by atoms with van der Waals surface area (Å²) in [4.78, 5) is 25.1. The number of carbonyl (C=O) groups is 1. The highest BCUT2D eigenvalue weighted by Gasteiger charge is 2.54. The van der Waals surface area contributed by atoms with Gasteiger partial charge in [0.05, 0.1) is 25.4 Å². The van der Waals surface area contributed by atoms with Crippen LogP contribution >= 0.6 is 11.6 Å². The van der Waals surface area contributed by atoms with E-state index in [-0.39, 0.29) is 11.6 Å². The average molecular weight is 740 g/mol. The maximum absolute atomic E-state index is 12.5. The van der Waals surface area contributed by atoms with E-state index in [1.54, 1.807) is 20.0 Å². The predicted molar refractivity (Wildman–Crippen MR) is 190 cm³/mol. The van der Waals surface area contributed by atoms with E-state index in [0.717, 1.165) is 76.0 Å². The maximum atomic E-state index is 12.5. The van der Waals surface area contributed by atoms with Crippen molar-refractivity contribution in [1.82, 2.24) is 30.0 Å². The summed E-state index contributed by atoms with van der Waals surface area (Å²) in [6, 6.07) is 5.77. The van der Waals surface area contributed by atoms with Gasteiger partial charge >= 0.3 is 6.18 Å². The van der Waals surface area contributed by atoms with Crippen molar-refractivity contribution in [2.45, 2.75) is 78.2 Å². The summed E-state index contributed by atoms with van der Waals surface area (Å²) in [7, 11) is 2.89. The number of ether oxygens (including phenoxy) is 2. The number of hydrogen-bond donors (Lipinski definition) is 0. The largest absolute Gasteiger partial charge is 0.496 e. The number of fused-ring (bicyclic) bond motifs is 1. The van der Waals surface area contributed by atoms with Crippen LogP contribution in [0.25, 0.3) is 0 Å². The lowest BCUT2D eigenvalue weighted by molar-refractivity contribution is -0.146. The molecule has 1 saturated carbocycles. The molecule has 0 atom stereocenters. The minimum absolute atomic E-state index is 0.0541. The third-order valence-corrected chi connectivity index (χ3v) is 9.13. The summed E-state index contributed by atoms with van der Waals surface area (Å²) in [5.74, 6) is 2.61. The fourth-order valence-electron chi connectivity index (χ4n) is 6.06. The van der Waals surface area contributed by atoms with Gasteiger partial charge in [0.25, 0.3) is 0 Å². The van der Waals surface area contributed by atoms with Crippen LogP contribution in [0.1, 0.15) is 68.6 Å². The van der Waals surface area contributed by atoms with Gasteiger partial charge in [-0.25, -0.2) is 9.37 Å². The molecule has 0 N–H and O–H groups in total. The summed E-state index contributed by atoms with van der Waals surface area (Å²) in [6.07, 6.45) is 6.15. The molecule has 2 aliphatic heterocycles. The molecule has 0 bridgehead atoms. The Morgan fingerprint density at radius 1 is 1.12 bits per heavy atom. The van der Waals surface area contributed by atoms with Gasteiger partial charge in [-0.15, -0.1) is 16.7 Å². The Labute approximate surface area is 303 Å². The molecule has 1 saturated heterocycles. The number of carbonyl (C=O) groups excluding carboxylic acids is 1. The van der Waals surface area contributed by atoms with Crippen molar-refractivity contribution in [3.8, 4) is 11.5 Å². The molecular weight excluding hydrogens is 690 g/mol. The molecule has 10 nitrogen and oxygen atoms in total. The molecule has 1 aromatic carbocycles. The summed E-state index contributed by atoms with van der Waals surface area (Å²) in [5.41, 5.74) is 3.08. The molecular formula is C36H50ClF4N7O3. The number of methoxy groups -OCH3 is 1. The Bertz CT molecular complexity index is 1490. The number of aromatic nitrogens is 4. The minimum atomic E-state index is -4.07. The number of halogens is 5. The molecule has 1 aliphatic carbocycles. The van der Waals surface area contributed by atoms with Crippen molar-refractivity contribution in [1.29, 1.82) is 0 Å². The van der Waals surface area contributed by atoms with Gasteiger partial charge in [-0.3, -0.25) is 19.6 Å². The standard InChI is InChI=1S/C20H25ClN6O.C8H7FO2.C6H12F3N.C2H6/c21-4-1-6-26-7-3-17-16(11-26)18(2-5-22-17)28-15-8-20(9-15)12-27(13-20)19-10-24-25-14-23-19;1-11-8-3-2-7(9)4-6(8)5-10;1-5(2)10(3)4-6(7,8)9;1-2/h2,5,10,14-15H,1,3-4,6-9,11-13H2;2-5H,1H3;5H,4H2,1-3H3;1-2H3. The lowest BCUT2D eigenvalue weighted by atomic mass is 9.62. The molecule has 1 spiro atoms. The van der Waals surface area contributed by atoms with Crippen LogP contribution in [0.5, 0.6) is 11.5 Å². The highest BCUT2D eigenvalue weighted by molar-refractivity contribution is 6.17. The smallest absolute Gasteiger partial charge is 0.401 e. The zero-order chi connectivity index (χ0) is 37.6. The van der Waals surface area contributed by atoms with Crippen LogP contribution in [-0.2, 0) is 13.0 Å². The van der Waals surface area contributed by atoms with Crippen LogP contribution in [0.3, 0.4) is 0 Å². The molecule has 6 rings (SSSR count). The predicted octanol–water partition coefficient (Wildman–Crippen LogP) is 6.86. The Hall–Kier alpha value is -3.62. The zero-order valence-electron chi connectivity index (χ0n) is 30.3. The first-order chi connectivity index (χ1) is 24.3. The third-order valence-electron chi connectivity index (χ3n) is 8.86. The van der Waals surface area contributed by atoms with Crippen LogP contribution in [0.2, 0.25) is 0 Å². The topological polar surface area (TPSA) is 96.8 Å². The average Bonchev–Trinajstić information content (AvgIpc) is 3.08. The molecule has 282 valence electrons. The van der Waals surface area contributed by atoms with Crippen molar-refractivity contribution >= 4 is 23.7 Å². The van der Waals surface area contributed by atoms with Gasteiger partial charge in [-0.2, -0.15) is 18.3 Å². The van der Waals surface area contributed by atoms with Crippen LogP contribution in [0.4, 0.5) is 23.4 Å². The Kier molecular flexibility index (Phi) is 16.3. The summed E-state index contributed by atoms with van der Waals surface area (Å²) in [5, 5.41) is 7.67. The molecule has 0 amide bonds. The Morgan fingerprint density at radius 3 is 2.41 bits per heavy atom. The van der Waals surface area contributed by atoms with Crippen LogP contribution in [-0.4, -0.2) is 107 Å². The second-order valence-electron chi connectivity index (χ2n) is 12.9. The first-order valence-corrected chi connectivity index (χ1v) is 17.7. The second-order valence-corrected chi connectivity index (χ2v) is 13.3. The fraction of sp³-hybridized carbons (Fsp3) is 0.583. The second kappa shape index (κ2) is 19.8. The summed E-state index contributed by atoms with van der Waals surface area (Å²) < 4.78 is 58.5. The molecule has 51 heavy (non-hydrogen) atoms. The van der Waals surface area contributed by atoms with Crippen LogP contribution < -0.4 is 14.4 Å². The summed E-state index contributed by atoms with van der Waals surface area (Å²) >= 11 is 5.87. The van der Waals surface area contributed by atoms with Crippen molar-refractivity contribution in [3.05, 3.63) is 65.6 Å². The van der Waals surface area contributed by atoms with Gasteiger partial charge in [-0.1, -0.05) is 13.8 Å². The first kappa shape index (κ1) is 41.8. The molecule has 0 unspecified atom stereocenters. The van der Waals surface area contributed by atoms with Gasteiger partial charge in [-0.05, 0) is 71.0 Å². The maximum Gasteiger partial charge on any atom is 0.401 e. The van der Waals surface area contributed by atoms with Crippen molar-refractivity contribution in [2.24, 2.45) is 5.41 Å². The normalized spacial score (nSPS) is 16.3. The van der Waals surface area contributed by atoms with E-state index < -0.39 is 18.5 Å². The molecule has 0 radical (unpaired) electrons. The zero-order valence-corrected chi connectivity index (χ0v) is 31.1. The fourth-order valence-corrected chi connectivity index (χ4v) is 6.18. The molecule has 3 aliphatic rings. The number of hydrogen-bond acceptors (Lipinski definition) is 10. The van der Waals surface area contributed by atoms with E-state index in [9.17, 15) is 22.4 Å². The highest BCUT2D eigenvalue weighted by atomic mass is 35.5. The number of rotatable bonds is 10. The SMILES string of the molecule is CC.CC(C)N(C)CC(F)(F)F.COc1ccc(F)cc1C=O.ClCCCN1CCc2nccc(OC3CC4(C3)CN(c3cnncn3)C4)c2C1. The molecule has 15 heteroatoms. The van der Waals surface area contributed by atoms with Gasteiger partial charge in [0.2, 0.25) is 0 Å². The van der Waals surface area contributed by atoms with Crippen LogP contribution in [0, 0.1) is 11.2 Å². The van der Waals surface area contributed by atoms with Gasteiger partial charge in [0.1, 0.15) is 29.7 Å². The monoisotopic (exact) mass is 739 g/mol. The molecule has 2 fully saturated rings. The summed E-state index contributed by atoms with van der Waals surface area (Å²) in [6.45, 7) is 11.7.